The summed E-state index contributed by atoms with van der Waals surface area (Å²) in [7, 11) is 3.65. The molecular formula is C25H34N6O. The molecule has 2 aromatic carbocycles. The van der Waals surface area contributed by atoms with Crippen molar-refractivity contribution >= 4 is 5.96 Å². The molecule has 0 atom stereocenters. The van der Waals surface area contributed by atoms with Gasteiger partial charge >= 0.3 is 0 Å². The molecule has 0 unspecified atom stereocenters. The van der Waals surface area contributed by atoms with Crippen LogP contribution >= 0.6 is 0 Å². The second-order valence-corrected chi connectivity index (χ2v) is 7.96. The molecule has 2 N–H and O–H groups in total. The molecule has 3 rings (SSSR count). The van der Waals surface area contributed by atoms with Gasteiger partial charge in [0.15, 0.2) is 11.8 Å². The molecular weight excluding hydrogens is 400 g/mol. The maximum Gasteiger partial charge on any atom is 0.191 e. The van der Waals surface area contributed by atoms with Crippen LogP contribution in [-0.4, -0.2) is 40.9 Å². The highest BCUT2D eigenvalue weighted by Gasteiger charge is 2.07. The van der Waals surface area contributed by atoms with Gasteiger partial charge in [-0.25, -0.2) is 4.99 Å². The molecule has 7 nitrogen and oxygen atoms in total. The van der Waals surface area contributed by atoms with E-state index < -0.39 is 0 Å². The molecule has 0 aliphatic rings. The minimum Gasteiger partial charge on any atom is -0.497 e. The summed E-state index contributed by atoms with van der Waals surface area (Å²) in [6.45, 7) is 8.33. The normalized spacial score (nSPS) is 11.5. The van der Waals surface area contributed by atoms with Crippen LogP contribution < -0.4 is 15.4 Å². The van der Waals surface area contributed by atoms with Crippen LogP contribution in [-0.2, 0) is 26.4 Å². The largest absolute Gasteiger partial charge is 0.497 e. The number of hydrogen-bond donors (Lipinski definition) is 2. The van der Waals surface area contributed by atoms with E-state index >= 15 is 0 Å². The van der Waals surface area contributed by atoms with Crippen molar-refractivity contribution in [2.24, 2.45) is 12.0 Å². The van der Waals surface area contributed by atoms with Crippen molar-refractivity contribution in [3.8, 4) is 5.75 Å². The summed E-state index contributed by atoms with van der Waals surface area (Å²) in [5, 5.41) is 15.3. The zero-order valence-corrected chi connectivity index (χ0v) is 19.8. The molecule has 0 bridgehead atoms. The molecule has 0 amide bonds. The van der Waals surface area contributed by atoms with Crippen LogP contribution in [0.25, 0.3) is 0 Å². The minimum absolute atomic E-state index is 0.471. The summed E-state index contributed by atoms with van der Waals surface area (Å²) in [5.41, 5.74) is 5.29. The topological polar surface area (TPSA) is 76.4 Å². The predicted molar refractivity (Wildman–Crippen MR) is 129 cm³/mol. The molecule has 32 heavy (non-hydrogen) atoms. The minimum atomic E-state index is 0.471. The lowest BCUT2D eigenvalue weighted by atomic mass is 10.0. The van der Waals surface area contributed by atoms with E-state index in [1.54, 1.807) is 7.11 Å². The van der Waals surface area contributed by atoms with Crippen LogP contribution in [0.1, 0.15) is 33.9 Å². The first-order valence-corrected chi connectivity index (χ1v) is 11.0. The van der Waals surface area contributed by atoms with Gasteiger partial charge in [-0.15, -0.1) is 10.2 Å². The molecule has 0 spiro atoms. The summed E-state index contributed by atoms with van der Waals surface area (Å²) in [5.74, 6) is 3.38. The van der Waals surface area contributed by atoms with E-state index in [1.165, 1.54) is 22.3 Å². The number of methoxy groups -OCH3 is 1. The van der Waals surface area contributed by atoms with Crippen LogP contribution in [0.5, 0.6) is 5.75 Å². The van der Waals surface area contributed by atoms with Crippen LogP contribution in [0.15, 0.2) is 47.5 Å². The van der Waals surface area contributed by atoms with Gasteiger partial charge in [-0.3, -0.25) is 0 Å². The Bertz CT molecular complexity index is 1020. The Balaban J connectivity index is 1.61. The molecule has 1 aromatic heterocycles. The average Bonchev–Trinajstić information content (AvgIpc) is 3.11. The number of aromatic nitrogens is 3. The van der Waals surface area contributed by atoms with Gasteiger partial charge < -0.3 is 19.9 Å². The second kappa shape index (κ2) is 11.3. The van der Waals surface area contributed by atoms with Gasteiger partial charge in [0.05, 0.1) is 7.11 Å². The number of nitrogens with zero attached hydrogens (tertiary/aromatic N) is 4. The number of guanidine groups is 1. The van der Waals surface area contributed by atoms with Crippen LogP contribution in [0.2, 0.25) is 0 Å². The fraction of sp³-hybridized carbons (Fsp3) is 0.400. The van der Waals surface area contributed by atoms with E-state index in [0.717, 1.165) is 49.3 Å². The number of rotatable bonds is 9. The predicted octanol–water partition coefficient (Wildman–Crippen LogP) is 3.27. The number of ether oxygens (including phenoxy) is 1. The second-order valence-electron chi connectivity index (χ2n) is 7.96. The molecule has 0 saturated carbocycles. The Hall–Kier alpha value is -3.35. The highest BCUT2D eigenvalue weighted by atomic mass is 16.5. The van der Waals surface area contributed by atoms with Gasteiger partial charge in [-0.1, -0.05) is 30.3 Å². The van der Waals surface area contributed by atoms with Gasteiger partial charge in [0.1, 0.15) is 18.1 Å². The first-order chi connectivity index (χ1) is 15.5. The molecule has 1 heterocycles. The van der Waals surface area contributed by atoms with Crippen molar-refractivity contribution in [3.05, 3.63) is 76.4 Å². The molecule has 0 aliphatic heterocycles. The van der Waals surface area contributed by atoms with E-state index in [-0.39, 0.29) is 0 Å². The number of hydrogen-bond acceptors (Lipinski definition) is 4. The van der Waals surface area contributed by atoms with Crippen molar-refractivity contribution in [2.75, 3.05) is 20.2 Å². The van der Waals surface area contributed by atoms with Crippen molar-refractivity contribution in [1.82, 2.24) is 25.4 Å². The SMILES string of the molecule is COc1ccc(CCNC(=NCc2nnc(C)n2C)NCCc2c(C)cccc2C)cc1. The van der Waals surface area contributed by atoms with Gasteiger partial charge in [0.25, 0.3) is 0 Å². The van der Waals surface area contributed by atoms with Gasteiger partial charge in [-0.2, -0.15) is 0 Å². The number of aliphatic imine (C=N–C) groups is 1. The summed E-state index contributed by atoms with van der Waals surface area (Å²) in [6, 6.07) is 14.6. The summed E-state index contributed by atoms with van der Waals surface area (Å²) >= 11 is 0. The zero-order valence-electron chi connectivity index (χ0n) is 19.8. The lowest BCUT2D eigenvalue weighted by Crippen LogP contribution is -2.39. The van der Waals surface area contributed by atoms with Crippen molar-refractivity contribution in [2.45, 2.75) is 40.2 Å². The van der Waals surface area contributed by atoms with Crippen molar-refractivity contribution in [1.29, 1.82) is 0 Å². The number of aryl methyl sites for hydroxylation is 3. The Morgan fingerprint density at radius 1 is 0.938 bits per heavy atom. The Morgan fingerprint density at radius 3 is 2.19 bits per heavy atom. The molecule has 0 radical (unpaired) electrons. The molecule has 0 fully saturated rings. The monoisotopic (exact) mass is 434 g/mol. The average molecular weight is 435 g/mol. The zero-order chi connectivity index (χ0) is 22.9. The lowest BCUT2D eigenvalue weighted by Gasteiger charge is -2.15. The van der Waals surface area contributed by atoms with E-state index in [4.69, 9.17) is 9.73 Å². The van der Waals surface area contributed by atoms with Gasteiger partial charge in [0, 0.05) is 20.1 Å². The molecule has 3 aromatic rings. The standard InChI is InChI=1S/C25H34N6O/c1-18-7-6-8-19(2)23(18)14-16-27-25(28-17-24-30-29-20(3)31(24)4)26-15-13-21-9-11-22(32-5)12-10-21/h6-12H,13-17H2,1-5H3,(H2,26,27,28). The van der Waals surface area contributed by atoms with Crippen LogP contribution in [0, 0.1) is 20.8 Å². The lowest BCUT2D eigenvalue weighted by molar-refractivity contribution is 0.414. The van der Waals surface area contributed by atoms with Gasteiger partial charge in [-0.05, 0) is 68.0 Å². The van der Waals surface area contributed by atoms with Crippen LogP contribution in [0.4, 0.5) is 0 Å². The third kappa shape index (κ3) is 6.33. The van der Waals surface area contributed by atoms with E-state index in [1.807, 2.05) is 30.7 Å². The number of nitrogens with one attached hydrogen (secondary N) is 2. The molecule has 0 saturated heterocycles. The number of benzene rings is 2. The smallest absolute Gasteiger partial charge is 0.191 e. The Kier molecular flexibility index (Phi) is 8.25. The van der Waals surface area contributed by atoms with Gasteiger partial charge in [0.2, 0.25) is 0 Å². The summed E-state index contributed by atoms with van der Waals surface area (Å²) in [6.07, 6.45) is 1.84. The fourth-order valence-electron chi connectivity index (χ4n) is 3.58. The maximum atomic E-state index is 5.24. The highest BCUT2D eigenvalue weighted by molar-refractivity contribution is 5.79. The Labute approximate surface area is 190 Å². The third-order valence-corrected chi connectivity index (χ3v) is 5.74. The van der Waals surface area contributed by atoms with E-state index in [0.29, 0.717) is 6.54 Å². The Morgan fingerprint density at radius 2 is 1.59 bits per heavy atom. The molecule has 170 valence electrons. The van der Waals surface area contributed by atoms with Crippen molar-refractivity contribution < 1.29 is 4.74 Å². The first-order valence-electron chi connectivity index (χ1n) is 11.0. The van der Waals surface area contributed by atoms with E-state index in [9.17, 15) is 0 Å². The quantitative estimate of drug-likeness (QED) is 0.399. The van der Waals surface area contributed by atoms with Crippen LogP contribution in [0.3, 0.4) is 0 Å². The maximum absolute atomic E-state index is 5.24. The van der Waals surface area contributed by atoms with Crippen molar-refractivity contribution in [3.63, 3.8) is 0 Å². The summed E-state index contributed by atoms with van der Waals surface area (Å²) < 4.78 is 7.20. The molecule has 7 heteroatoms. The fourth-order valence-corrected chi connectivity index (χ4v) is 3.58. The van der Waals surface area contributed by atoms with E-state index in [2.05, 4.69) is 65.0 Å². The third-order valence-electron chi connectivity index (χ3n) is 5.74. The first kappa shape index (κ1) is 23.3. The molecule has 0 aliphatic carbocycles. The highest BCUT2D eigenvalue weighted by Crippen LogP contribution is 2.13. The summed E-state index contributed by atoms with van der Waals surface area (Å²) in [4.78, 5) is 4.75.